The smallest absolute Gasteiger partial charge is 0.256 e. The van der Waals surface area contributed by atoms with Gasteiger partial charge in [-0.3, -0.25) is 4.79 Å². The van der Waals surface area contributed by atoms with Crippen LogP contribution in [0.2, 0.25) is 0 Å². The molecule has 0 aliphatic heterocycles. The molecule has 1 amide bonds. The average Bonchev–Trinajstić information content (AvgIpc) is 2.35. The zero-order chi connectivity index (χ0) is 14.8. The highest BCUT2D eigenvalue weighted by molar-refractivity contribution is 5.99. The molecule has 0 aliphatic rings. The summed E-state index contributed by atoms with van der Waals surface area (Å²) in [6.07, 6.45) is 0. The molecule has 1 unspecified atom stereocenters. The second-order valence-electron chi connectivity index (χ2n) is 5.91. The summed E-state index contributed by atoms with van der Waals surface area (Å²) in [5, 5.41) is 0. The molecule has 4 heteroatoms. The SMILES string of the molecule is COc1ccc(N)c(C(=O)N(C)C(C)C(C)(C)C)c1. The van der Waals surface area contributed by atoms with E-state index in [1.807, 2.05) is 6.92 Å². The van der Waals surface area contributed by atoms with Gasteiger partial charge in [0.15, 0.2) is 0 Å². The van der Waals surface area contributed by atoms with Crippen molar-refractivity contribution in [2.24, 2.45) is 5.41 Å². The molecule has 0 saturated heterocycles. The molecule has 1 rings (SSSR count). The Hall–Kier alpha value is -1.71. The molecular formula is C15H24N2O2. The van der Waals surface area contributed by atoms with E-state index >= 15 is 0 Å². The van der Waals surface area contributed by atoms with E-state index in [9.17, 15) is 4.79 Å². The molecule has 106 valence electrons. The number of benzene rings is 1. The standard InChI is InChI=1S/C15H24N2O2/c1-10(15(2,3)4)17(5)14(18)12-9-11(19-6)7-8-13(12)16/h7-10H,16H2,1-6H3. The average molecular weight is 264 g/mol. The lowest BCUT2D eigenvalue weighted by atomic mass is 9.87. The first-order valence-electron chi connectivity index (χ1n) is 6.39. The summed E-state index contributed by atoms with van der Waals surface area (Å²) in [6.45, 7) is 8.36. The number of carbonyl (C=O) groups excluding carboxylic acids is 1. The number of nitrogen functional groups attached to an aromatic ring is 1. The summed E-state index contributed by atoms with van der Waals surface area (Å²) >= 11 is 0. The van der Waals surface area contributed by atoms with Gasteiger partial charge in [-0.15, -0.1) is 0 Å². The maximum Gasteiger partial charge on any atom is 0.256 e. The maximum absolute atomic E-state index is 12.5. The van der Waals surface area contributed by atoms with Gasteiger partial charge in [0.05, 0.1) is 12.7 Å². The van der Waals surface area contributed by atoms with Gasteiger partial charge in [0.25, 0.3) is 5.91 Å². The third-order valence-electron chi connectivity index (χ3n) is 3.65. The molecule has 0 saturated carbocycles. The monoisotopic (exact) mass is 264 g/mol. The number of amides is 1. The van der Waals surface area contributed by atoms with E-state index in [1.54, 1.807) is 37.3 Å². The highest BCUT2D eigenvalue weighted by Crippen LogP contribution is 2.26. The highest BCUT2D eigenvalue weighted by atomic mass is 16.5. The van der Waals surface area contributed by atoms with Crippen LogP contribution < -0.4 is 10.5 Å². The molecule has 1 aromatic carbocycles. The Kier molecular flexibility index (Phi) is 4.45. The van der Waals surface area contributed by atoms with Crippen molar-refractivity contribution in [2.75, 3.05) is 19.9 Å². The van der Waals surface area contributed by atoms with Gasteiger partial charge in [-0.2, -0.15) is 0 Å². The molecule has 0 aliphatic carbocycles. The van der Waals surface area contributed by atoms with Crippen molar-refractivity contribution in [3.63, 3.8) is 0 Å². The second-order valence-corrected chi connectivity index (χ2v) is 5.91. The first-order chi connectivity index (χ1) is 8.68. The molecular weight excluding hydrogens is 240 g/mol. The number of methoxy groups -OCH3 is 1. The summed E-state index contributed by atoms with van der Waals surface area (Å²) in [5.74, 6) is 0.549. The molecule has 2 N–H and O–H groups in total. The van der Waals surface area contributed by atoms with Crippen LogP contribution in [0.1, 0.15) is 38.1 Å². The van der Waals surface area contributed by atoms with Gasteiger partial charge in [0.2, 0.25) is 0 Å². The fraction of sp³-hybridized carbons (Fsp3) is 0.533. The fourth-order valence-corrected chi connectivity index (χ4v) is 1.79. The minimum atomic E-state index is -0.0844. The van der Waals surface area contributed by atoms with Crippen molar-refractivity contribution in [1.82, 2.24) is 4.90 Å². The van der Waals surface area contributed by atoms with Gasteiger partial charge in [-0.25, -0.2) is 0 Å². The Labute approximate surface area is 115 Å². The van der Waals surface area contributed by atoms with E-state index in [1.165, 1.54) is 0 Å². The lowest BCUT2D eigenvalue weighted by Gasteiger charge is -2.35. The van der Waals surface area contributed by atoms with Gasteiger partial charge in [-0.1, -0.05) is 20.8 Å². The maximum atomic E-state index is 12.5. The van der Waals surface area contributed by atoms with E-state index in [0.717, 1.165) is 0 Å². The van der Waals surface area contributed by atoms with Crippen LogP contribution in [0, 0.1) is 5.41 Å². The number of carbonyl (C=O) groups is 1. The lowest BCUT2D eigenvalue weighted by molar-refractivity contribution is 0.0630. The Bertz CT molecular complexity index is 464. The van der Waals surface area contributed by atoms with Crippen molar-refractivity contribution in [3.8, 4) is 5.75 Å². The van der Waals surface area contributed by atoms with E-state index in [2.05, 4.69) is 20.8 Å². The van der Waals surface area contributed by atoms with E-state index in [-0.39, 0.29) is 17.4 Å². The molecule has 0 radical (unpaired) electrons. The molecule has 0 aromatic heterocycles. The Balaban J connectivity index is 3.06. The zero-order valence-corrected chi connectivity index (χ0v) is 12.7. The summed E-state index contributed by atoms with van der Waals surface area (Å²) in [4.78, 5) is 14.2. The second kappa shape index (κ2) is 5.51. The van der Waals surface area contributed by atoms with Crippen LogP contribution in [-0.4, -0.2) is 31.0 Å². The largest absolute Gasteiger partial charge is 0.497 e. The third-order valence-corrected chi connectivity index (χ3v) is 3.65. The number of ether oxygens (including phenoxy) is 1. The molecule has 0 heterocycles. The van der Waals surface area contributed by atoms with E-state index in [0.29, 0.717) is 17.0 Å². The first kappa shape index (κ1) is 15.3. The van der Waals surface area contributed by atoms with Crippen LogP contribution in [0.3, 0.4) is 0 Å². The summed E-state index contributed by atoms with van der Waals surface area (Å²) < 4.78 is 5.14. The predicted molar refractivity (Wildman–Crippen MR) is 78.4 cm³/mol. The number of rotatable bonds is 3. The minimum absolute atomic E-state index is 0.0119. The fourth-order valence-electron chi connectivity index (χ4n) is 1.79. The molecule has 4 nitrogen and oxygen atoms in total. The van der Waals surface area contributed by atoms with Crippen molar-refractivity contribution >= 4 is 11.6 Å². The molecule has 19 heavy (non-hydrogen) atoms. The number of hydrogen-bond acceptors (Lipinski definition) is 3. The zero-order valence-electron chi connectivity index (χ0n) is 12.7. The summed E-state index contributed by atoms with van der Waals surface area (Å²) in [5.41, 5.74) is 6.86. The van der Waals surface area contributed by atoms with Crippen LogP contribution in [-0.2, 0) is 0 Å². The number of nitrogens with two attached hydrogens (primary N) is 1. The minimum Gasteiger partial charge on any atom is -0.497 e. The van der Waals surface area contributed by atoms with Crippen molar-refractivity contribution < 1.29 is 9.53 Å². The number of nitrogens with zero attached hydrogens (tertiary/aromatic N) is 1. The molecule has 1 atom stereocenters. The van der Waals surface area contributed by atoms with E-state index in [4.69, 9.17) is 10.5 Å². The third kappa shape index (κ3) is 3.40. The summed E-state index contributed by atoms with van der Waals surface area (Å²) in [6, 6.07) is 5.23. The Morgan fingerprint density at radius 1 is 1.37 bits per heavy atom. The molecule has 0 fully saturated rings. The van der Waals surface area contributed by atoms with E-state index < -0.39 is 0 Å². The Morgan fingerprint density at radius 2 is 1.95 bits per heavy atom. The normalized spacial score (nSPS) is 12.9. The van der Waals surface area contributed by atoms with Crippen LogP contribution in [0.25, 0.3) is 0 Å². The van der Waals surface area contributed by atoms with Gasteiger partial charge >= 0.3 is 0 Å². The van der Waals surface area contributed by atoms with Gasteiger partial charge < -0.3 is 15.4 Å². The van der Waals surface area contributed by atoms with Gasteiger partial charge in [-0.05, 0) is 30.5 Å². The van der Waals surface area contributed by atoms with Crippen molar-refractivity contribution in [2.45, 2.75) is 33.7 Å². The quantitative estimate of drug-likeness (QED) is 0.854. The molecule has 0 bridgehead atoms. The van der Waals surface area contributed by atoms with Crippen molar-refractivity contribution in [3.05, 3.63) is 23.8 Å². The van der Waals surface area contributed by atoms with Gasteiger partial charge in [0, 0.05) is 18.8 Å². The predicted octanol–water partition coefficient (Wildman–Crippen LogP) is 2.78. The van der Waals surface area contributed by atoms with Crippen LogP contribution in [0.4, 0.5) is 5.69 Å². The summed E-state index contributed by atoms with van der Waals surface area (Å²) in [7, 11) is 3.37. The number of hydrogen-bond donors (Lipinski definition) is 1. The van der Waals surface area contributed by atoms with Crippen LogP contribution in [0.5, 0.6) is 5.75 Å². The lowest BCUT2D eigenvalue weighted by Crippen LogP contribution is -2.43. The topological polar surface area (TPSA) is 55.6 Å². The van der Waals surface area contributed by atoms with Gasteiger partial charge in [0.1, 0.15) is 5.75 Å². The van der Waals surface area contributed by atoms with Crippen molar-refractivity contribution in [1.29, 1.82) is 0 Å². The van der Waals surface area contributed by atoms with Crippen LogP contribution in [0.15, 0.2) is 18.2 Å². The highest BCUT2D eigenvalue weighted by Gasteiger charge is 2.28. The van der Waals surface area contributed by atoms with Crippen LogP contribution >= 0.6 is 0 Å². The first-order valence-corrected chi connectivity index (χ1v) is 6.39. The molecule has 0 spiro atoms. The Morgan fingerprint density at radius 3 is 2.42 bits per heavy atom. The number of anilines is 1. The molecule has 1 aromatic rings.